The van der Waals surface area contributed by atoms with Gasteiger partial charge in [-0.15, -0.1) is 0 Å². The van der Waals surface area contributed by atoms with Crippen molar-refractivity contribution >= 4 is 34.4 Å². The topological polar surface area (TPSA) is 46.9 Å². The van der Waals surface area contributed by atoms with Crippen molar-refractivity contribution in [1.82, 2.24) is 9.55 Å². The molecule has 5 heteroatoms. The zero-order chi connectivity index (χ0) is 22.5. The number of imidazole rings is 1. The molecule has 33 heavy (non-hydrogen) atoms. The summed E-state index contributed by atoms with van der Waals surface area (Å²) in [5, 5.41) is 3.90. The minimum absolute atomic E-state index is 0.0489. The first-order valence-electron chi connectivity index (χ1n) is 10.9. The van der Waals surface area contributed by atoms with Gasteiger partial charge in [0.2, 0.25) is 5.91 Å². The number of fused-ring (bicyclic) bond motifs is 1. The first-order valence-corrected chi connectivity index (χ1v) is 11.8. The second-order valence-corrected chi connectivity index (χ2v) is 8.65. The van der Waals surface area contributed by atoms with E-state index in [4.69, 9.17) is 4.98 Å². The van der Waals surface area contributed by atoms with Crippen LogP contribution in [-0.2, 0) is 11.2 Å². The van der Waals surface area contributed by atoms with Crippen molar-refractivity contribution in [2.45, 2.75) is 11.6 Å². The van der Waals surface area contributed by atoms with Gasteiger partial charge in [-0.1, -0.05) is 90.6 Å². The number of carbonyl (C=O) groups excluding carboxylic acids is 1. The molecule has 1 N–H and O–H groups in total. The lowest BCUT2D eigenvalue weighted by Crippen LogP contribution is -2.16. The van der Waals surface area contributed by atoms with E-state index in [1.54, 1.807) is 0 Å². The van der Waals surface area contributed by atoms with Gasteiger partial charge >= 0.3 is 0 Å². The van der Waals surface area contributed by atoms with E-state index in [2.05, 4.69) is 46.3 Å². The third-order valence-electron chi connectivity index (χ3n) is 5.41. The number of benzene rings is 4. The number of carbonyl (C=O) groups is 1. The Morgan fingerprint density at radius 1 is 0.788 bits per heavy atom. The van der Waals surface area contributed by atoms with Crippen LogP contribution in [0.3, 0.4) is 0 Å². The van der Waals surface area contributed by atoms with Crippen LogP contribution in [0.5, 0.6) is 0 Å². The molecule has 0 aliphatic rings. The van der Waals surface area contributed by atoms with Gasteiger partial charge in [0.25, 0.3) is 0 Å². The fourth-order valence-corrected chi connectivity index (χ4v) is 4.68. The van der Waals surface area contributed by atoms with Gasteiger partial charge in [-0.2, -0.15) is 0 Å². The van der Waals surface area contributed by atoms with Crippen LogP contribution in [0.25, 0.3) is 16.7 Å². The molecule has 1 amide bonds. The van der Waals surface area contributed by atoms with Gasteiger partial charge < -0.3 is 5.32 Å². The van der Waals surface area contributed by atoms with Gasteiger partial charge in [0.15, 0.2) is 5.16 Å². The third-order valence-corrected chi connectivity index (χ3v) is 6.34. The normalized spacial score (nSPS) is 10.9. The number of anilines is 1. The van der Waals surface area contributed by atoms with Crippen LogP contribution in [0.1, 0.15) is 11.1 Å². The zero-order valence-corrected chi connectivity index (χ0v) is 18.8. The molecule has 0 unspecified atom stereocenters. The van der Waals surface area contributed by atoms with Gasteiger partial charge in [-0.05, 0) is 47.9 Å². The van der Waals surface area contributed by atoms with Gasteiger partial charge in [-0.3, -0.25) is 9.36 Å². The van der Waals surface area contributed by atoms with Crippen molar-refractivity contribution in [3.05, 3.63) is 120 Å². The number of amides is 1. The molecule has 0 fully saturated rings. The average Bonchev–Trinajstić information content (AvgIpc) is 3.24. The number of para-hydroxylation sites is 4. The summed E-state index contributed by atoms with van der Waals surface area (Å²) in [6.45, 7) is 0. The quantitative estimate of drug-likeness (QED) is 0.295. The largest absolute Gasteiger partial charge is 0.325 e. The van der Waals surface area contributed by atoms with Crippen LogP contribution in [-0.4, -0.2) is 21.2 Å². The Balaban J connectivity index is 1.34. The monoisotopic (exact) mass is 449 g/mol. The fraction of sp³-hybridized carbons (Fsp3) is 0.0714. The van der Waals surface area contributed by atoms with E-state index in [0.717, 1.165) is 39.5 Å². The summed E-state index contributed by atoms with van der Waals surface area (Å²) in [6.07, 6.45) is 0.772. The minimum atomic E-state index is -0.0489. The molecule has 0 saturated carbocycles. The van der Waals surface area contributed by atoms with Crippen LogP contribution in [0.15, 0.2) is 114 Å². The predicted octanol–water partition coefficient (Wildman–Crippen LogP) is 6.35. The minimum Gasteiger partial charge on any atom is -0.325 e. The highest BCUT2D eigenvalue weighted by atomic mass is 32.2. The number of hydrogen-bond acceptors (Lipinski definition) is 3. The zero-order valence-electron chi connectivity index (χ0n) is 18.0. The van der Waals surface area contributed by atoms with E-state index in [0.29, 0.717) is 0 Å². The maximum atomic E-state index is 12.9. The molecule has 0 bridgehead atoms. The summed E-state index contributed by atoms with van der Waals surface area (Å²) in [6, 6.07) is 36.4. The average molecular weight is 450 g/mol. The molecule has 4 aromatic carbocycles. The summed E-state index contributed by atoms with van der Waals surface area (Å²) in [7, 11) is 0. The highest BCUT2D eigenvalue weighted by Crippen LogP contribution is 2.28. The predicted molar refractivity (Wildman–Crippen MR) is 136 cm³/mol. The summed E-state index contributed by atoms with van der Waals surface area (Å²) in [5.74, 6) is 0.225. The van der Waals surface area contributed by atoms with E-state index in [-0.39, 0.29) is 11.7 Å². The molecule has 0 atom stereocenters. The molecular formula is C28H23N3OS. The Labute approximate surface area is 197 Å². The van der Waals surface area contributed by atoms with Crippen LogP contribution < -0.4 is 5.32 Å². The summed E-state index contributed by atoms with van der Waals surface area (Å²) in [5.41, 5.74) is 6.13. The molecule has 5 rings (SSSR count). The van der Waals surface area contributed by atoms with Crippen molar-refractivity contribution < 1.29 is 4.79 Å². The van der Waals surface area contributed by atoms with Crippen molar-refractivity contribution in [3.8, 4) is 5.69 Å². The Hall–Kier alpha value is -3.83. The Morgan fingerprint density at radius 3 is 2.27 bits per heavy atom. The lowest BCUT2D eigenvalue weighted by atomic mass is 10.0. The van der Waals surface area contributed by atoms with Gasteiger partial charge in [0.05, 0.1) is 16.8 Å². The number of nitrogens with zero attached hydrogens (tertiary/aromatic N) is 2. The molecule has 162 valence electrons. The number of thioether (sulfide) groups is 1. The van der Waals surface area contributed by atoms with E-state index in [1.807, 2.05) is 72.8 Å². The lowest BCUT2D eigenvalue weighted by Gasteiger charge is -2.12. The van der Waals surface area contributed by atoms with Crippen molar-refractivity contribution in [2.75, 3.05) is 11.1 Å². The van der Waals surface area contributed by atoms with Gasteiger partial charge in [-0.25, -0.2) is 4.98 Å². The third kappa shape index (κ3) is 4.83. The van der Waals surface area contributed by atoms with Crippen molar-refractivity contribution in [2.24, 2.45) is 0 Å². The van der Waals surface area contributed by atoms with E-state index in [9.17, 15) is 4.79 Å². The number of aromatic nitrogens is 2. The molecule has 0 aliphatic heterocycles. The Kier molecular flexibility index (Phi) is 6.22. The summed E-state index contributed by atoms with van der Waals surface area (Å²) < 4.78 is 2.11. The molecule has 0 aliphatic carbocycles. The fourth-order valence-electron chi connectivity index (χ4n) is 3.86. The molecule has 0 spiro atoms. The molecular weight excluding hydrogens is 426 g/mol. The number of hydrogen-bond donors (Lipinski definition) is 1. The molecule has 4 nitrogen and oxygen atoms in total. The second kappa shape index (κ2) is 9.76. The first-order chi connectivity index (χ1) is 16.3. The van der Waals surface area contributed by atoms with Crippen molar-refractivity contribution in [1.29, 1.82) is 0 Å². The lowest BCUT2D eigenvalue weighted by molar-refractivity contribution is -0.113. The smallest absolute Gasteiger partial charge is 0.234 e. The standard InChI is InChI=1S/C28H23N3OS/c32-27(29-24-16-8-7-13-22(24)19-21-11-3-1-4-12-21)20-33-28-30-25-17-9-10-18-26(25)31(28)23-14-5-2-6-15-23/h1-18H,19-20H2,(H,29,32). The molecule has 5 aromatic rings. The van der Waals surface area contributed by atoms with E-state index >= 15 is 0 Å². The van der Waals surface area contributed by atoms with Crippen molar-refractivity contribution in [3.63, 3.8) is 0 Å². The van der Waals surface area contributed by atoms with Gasteiger partial charge in [0, 0.05) is 11.4 Å². The highest BCUT2D eigenvalue weighted by Gasteiger charge is 2.15. The Bertz CT molecular complexity index is 1380. The second-order valence-electron chi connectivity index (χ2n) is 7.71. The maximum absolute atomic E-state index is 12.9. The van der Waals surface area contributed by atoms with Crippen LogP contribution >= 0.6 is 11.8 Å². The maximum Gasteiger partial charge on any atom is 0.234 e. The van der Waals surface area contributed by atoms with E-state index in [1.165, 1.54) is 17.3 Å². The first kappa shape index (κ1) is 21.0. The van der Waals surface area contributed by atoms with E-state index < -0.39 is 0 Å². The SMILES string of the molecule is O=C(CSc1nc2ccccc2n1-c1ccccc1)Nc1ccccc1Cc1ccccc1. The number of nitrogens with one attached hydrogen (secondary N) is 1. The summed E-state index contributed by atoms with van der Waals surface area (Å²) in [4.78, 5) is 17.7. The van der Waals surface area contributed by atoms with Gasteiger partial charge in [0.1, 0.15) is 0 Å². The van der Waals surface area contributed by atoms with Crippen LogP contribution in [0.4, 0.5) is 5.69 Å². The molecule has 0 saturated heterocycles. The molecule has 0 radical (unpaired) electrons. The summed E-state index contributed by atoms with van der Waals surface area (Å²) >= 11 is 1.44. The van der Waals surface area contributed by atoms with Crippen LogP contribution in [0.2, 0.25) is 0 Å². The number of rotatable bonds is 7. The Morgan fingerprint density at radius 2 is 1.45 bits per heavy atom. The van der Waals surface area contributed by atoms with Crippen LogP contribution in [0, 0.1) is 0 Å². The molecule has 1 heterocycles. The molecule has 1 aromatic heterocycles. The highest BCUT2D eigenvalue weighted by molar-refractivity contribution is 7.99.